The van der Waals surface area contributed by atoms with Crippen LogP contribution in [0.4, 0.5) is 0 Å². The van der Waals surface area contributed by atoms with Gasteiger partial charge in [0, 0.05) is 19.6 Å². The van der Waals surface area contributed by atoms with Crippen molar-refractivity contribution in [3.8, 4) is 5.75 Å². The summed E-state index contributed by atoms with van der Waals surface area (Å²) in [4.78, 5) is 2.20. The van der Waals surface area contributed by atoms with Crippen LogP contribution >= 0.6 is 0 Å². The van der Waals surface area contributed by atoms with E-state index >= 15 is 0 Å². The summed E-state index contributed by atoms with van der Waals surface area (Å²) >= 11 is 0. The molecule has 0 aliphatic carbocycles. The second-order valence-electron chi connectivity index (χ2n) is 4.65. The van der Waals surface area contributed by atoms with Crippen LogP contribution in [0.25, 0.3) is 0 Å². The van der Waals surface area contributed by atoms with Gasteiger partial charge < -0.3 is 20.3 Å². The molecule has 5 heteroatoms. The molecule has 3 N–H and O–H groups in total. The van der Waals surface area contributed by atoms with Gasteiger partial charge in [-0.05, 0) is 17.7 Å². The van der Waals surface area contributed by atoms with Crippen LogP contribution in [0.3, 0.4) is 0 Å². The molecule has 1 heterocycles. The molecule has 0 bridgehead atoms. The SMILES string of the molecule is NCc1cccc(OCCN2CCOCC2CO)c1. The molecule has 1 aliphatic heterocycles. The van der Waals surface area contributed by atoms with Crippen molar-refractivity contribution in [2.75, 3.05) is 39.5 Å². The van der Waals surface area contributed by atoms with E-state index < -0.39 is 0 Å². The van der Waals surface area contributed by atoms with Gasteiger partial charge >= 0.3 is 0 Å². The second-order valence-corrected chi connectivity index (χ2v) is 4.65. The van der Waals surface area contributed by atoms with Crippen molar-refractivity contribution in [2.24, 2.45) is 5.73 Å². The van der Waals surface area contributed by atoms with Crippen molar-refractivity contribution < 1.29 is 14.6 Å². The fourth-order valence-corrected chi connectivity index (χ4v) is 2.19. The van der Waals surface area contributed by atoms with Gasteiger partial charge in [0.2, 0.25) is 0 Å². The van der Waals surface area contributed by atoms with E-state index in [1.165, 1.54) is 0 Å². The smallest absolute Gasteiger partial charge is 0.119 e. The molecular formula is C14H22N2O3. The van der Waals surface area contributed by atoms with Crippen LogP contribution < -0.4 is 10.5 Å². The minimum Gasteiger partial charge on any atom is -0.492 e. The summed E-state index contributed by atoms with van der Waals surface area (Å²) in [6, 6.07) is 7.91. The number of hydrogen-bond donors (Lipinski definition) is 2. The van der Waals surface area contributed by atoms with Gasteiger partial charge in [-0.25, -0.2) is 0 Å². The first-order valence-electron chi connectivity index (χ1n) is 6.68. The molecular weight excluding hydrogens is 244 g/mol. The second kappa shape index (κ2) is 7.45. The highest BCUT2D eigenvalue weighted by molar-refractivity contribution is 5.28. The highest BCUT2D eigenvalue weighted by atomic mass is 16.5. The van der Waals surface area contributed by atoms with Gasteiger partial charge in [-0.15, -0.1) is 0 Å². The number of rotatable bonds is 6. The molecule has 5 nitrogen and oxygen atoms in total. The largest absolute Gasteiger partial charge is 0.492 e. The van der Waals surface area contributed by atoms with Gasteiger partial charge in [0.1, 0.15) is 12.4 Å². The molecule has 1 aromatic carbocycles. The Morgan fingerprint density at radius 3 is 3.16 bits per heavy atom. The number of ether oxygens (including phenoxy) is 2. The minimum absolute atomic E-state index is 0.0905. The maximum absolute atomic E-state index is 9.27. The third kappa shape index (κ3) is 4.18. The van der Waals surface area contributed by atoms with Gasteiger partial charge in [-0.3, -0.25) is 4.90 Å². The molecule has 0 aromatic heterocycles. The molecule has 1 aliphatic rings. The number of benzene rings is 1. The zero-order valence-corrected chi connectivity index (χ0v) is 11.1. The third-order valence-electron chi connectivity index (χ3n) is 3.34. The number of aliphatic hydroxyl groups is 1. The monoisotopic (exact) mass is 266 g/mol. The quantitative estimate of drug-likeness (QED) is 0.771. The first-order chi connectivity index (χ1) is 9.33. The summed E-state index contributed by atoms with van der Waals surface area (Å²) in [7, 11) is 0. The number of nitrogens with zero attached hydrogens (tertiary/aromatic N) is 1. The molecule has 0 radical (unpaired) electrons. The predicted molar refractivity (Wildman–Crippen MR) is 73.1 cm³/mol. The van der Waals surface area contributed by atoms with E-state index in [9.17, 15) is 5.11 Å². The maximum Gasteiger partial charge on any atom is 0.119 e. The van der Waals surface area contributed by atoms with Crippen LogP contribution in [0.5, 0.6) is 5.75 Å². The van der Waals surface area contributed by atoms with E-state index in [0.717, 1.165) is 31.0 Å². The van der Waals surface area contributed by atoms with E-state index in [1.807, 2.05) is 24.3 Å². The lowest BCUT2D eigenvalue weighted by Gasteiger charge is -2.34. The van der Waals surface area contributed by atoms with E-state index in [2.05, 4.69) is 4.90 Å². The van der Waals surface area contributed by atoms with Crippen LogP contribution in [-0.2, 0) is 11.3 Å². The minimum atomic E-state index is 0.0905. The number of hydrogen-bond acceptors (Lipinski definition) is 5. The summed E-state index contributed by atoms with van der Waals surface area (Å²) in [5.41, 5.74) is 6.66. The summed E-state index contributed by atoms with van der Waals surface area (Å²) in [6.45, 7) is 4.21. The molecule has 1 fully saturated rings. The Morgan fingerprint density at radius 2 is 2.37 bits per heavy atom. The molecule has 1 atom stereocenters. The Hall–Kier alpha value is -1.14. The summed E-state index contributed by atoms with van der Waals surface area (Å²) in [5, 5.41) is 9.27. The van der Waals surface area contributed by atoms with E-state index in [1.54, 1.807) is 0 Å². The van der Waals surface area contributed by atoms with Crippen molar-refractivity contribution >= 4 is 0 Å². The van der Waals surface area contributed by atoms with Crippen LogP contribution in [0.15, 0.2) is 24.3 Å². The van der Waals surface area contributed by atoms with Crippen LogP contribution in [0.2, 0.25) is 0 Å². The molecule has 1 unspecified atom stereocenters. The normalized spacial score (nSPS) is 20.4. The third-order valence-corrected chi connectivity index (χ3v) is 3.34. The Labute approximate surface area is 113 Å². The first kappa shape index (κ1) is 14.3. The zero-order valence-electron chi connectivity index (χ0n) is 11.1. The molecule has 0 saturated carbocycles. The van der Waals surface area contributed by atoms with Crippen molar-refractivity contribution in [2.45, 2.75) is 12.6 Å². The van der Waals surface area contributed by atoms with Gasteiger partial charge in [-0.1, -0.05) is 12.1 Å². The van der Waals surface area contributed by atoms with Gasteiger partial charge in [0.05, 0.1) is 25.9 Å². The van der Waals surface area contributed by atoms with Gasteiger partial charge in [0.25, 0.3) is 0 Å². The number of nitrogens with two attached hydrogens (primary N) is 1. The van der Waals surface area contributed by atoms with Crippen LogP contribution in [0.1, 0.15) is 5.56 Å². The van der Waals surface area contributed by atoms with E-state index in [-0.39, 0.29) is 12.6 Å². The Balaban J connectivity index is 1.78. The van der Waals surface area contributed by atoms with Gasteiger partial charge in [-0.2, -0.15) is 0 Å². The molecule has 2 rings (SSSR count). The fourth-order valence-electron chi connectivity index (χ4n) is 2.19. The zero-order chi connectivity index (χ0) is 13.5. The molecule has 1 saturated heterocycles. The summed E-state index contributed by atoms with van der Waals surface area (Å²) < 4.78 is 11.1. The first-order valence-corrected chi connectivity index (χ1v) is 6.68. The highest BCUT2D eigenvalue weighted by Crippen LogP contribution is 2.13. The van der Waals surface area contributed by atoms with Crippen LogP contribution in [0, 0.1) is 0 Å². The average Bonchev–Trinajstić information content (AvgIpc) is 2.48. The Kier molecular flexibility index (Phi) is 5.60. The van der Waals surface area contributed by atoms with Crippen molar-refractivity contribution in [3.63, 3.8) is 0 Å². The Bertz CT molecular complexity index is 387. The van der Waals surface area contributed by atoms with Crippen LogP contribution in [-0.4, -0.2) is 55.6 Å². The lowest BCUT2D eigenvalue weighted by atomic mass is 10.2. The summed E-state index contributed by atoms with van der Waals surface area (Å²) in [5.74, 6) is 0.844. The highest BCUT2D eigenvalue weighted by Gasteiger charge is 2.21. The average molecular weight is 266 g/mol. The molecule has 0 amide bonds. The molecule has 1 aromatic rings. The standard InChI is InChI=1S/C14H22N2O3/c15-9-12-2-1-3-14(8-12)19-7-5-16-4-6-18-11-13(16)10-17/h1-3,8,13,17H,4-7,9-11,15H2. The molecule has 106 valence electrons. The van der Waals surface area contributed by atoms with E-state index in [0.29, 0.717) is 19.8 Å². The topological polar surface area (TPSA) is 68.0 Å². The molecule has 19 heavy (non-hydrogen) atoms. The van der Waals surface area contributed by atoms with Crippen molar-refractivity contribution in [3.05, 3.63) is 29.8 Å². The van der Waals surface area contributed by atoms with Crippen molar-refractivity contribution in [1.82, 2.24) is 4.90 Å². The summed E-state index contributed by atoms with van der Waals surface area (Å²) in [6.07, 6.45) is 0. The number of morpholine rings is 1. The predicted octanol–water partition coefficient (Wildman–Crippen LogP) is 0.217. The maximum atomic E-state index is 9.27. The molecule has 0 spiro atoms. The lowest BCUT2D eigenvalue weighted by molar-refractivity contribution is -0.0312. The van der Waals surface area contributed by atoms with E-state index in [4.69, 9.17) is 15.2 Å². The van der Waals surface area contributed by atoms with Crippen molar-refractivity contribution in [1.29, 1.82) is 0 Å². The lowest BCUT2D eigenvalue weighted by Crippen LogP contribution is -2.48. The Morgan fingerprint density at radius 1 is 1.47 bits per heavy atom. The number of aliphatic hydroxyl groups excluding tert-OH is 1. The fraction of sp³-hybridized carbons (Fsp3) is 0.571. The van der Waals surface area contributed by atoms with Gasteiger partial charge in [0.15, 0.2) is 0 Å².